The van der Waals surface area contributed by atoms with Gasteiger partial charge in [-0.1, -0.05) is 0 Å². The van der Waals surface area contributed by atoms with Crippen molar-refractivity contribution in [2.24, 2.45) is 0 Å². The molecule has 1 aliphatic heterocycles. The van der Waals surface area contributed by atoms with Crippen molar-refractivity contribution in [1.82, 2.24) is 9.88 Å². The van der Waals surface area contributed by atoms with Gasteiger partial charge in [-0.2, -0.15) is 0 Å². The van der Waals surface area contributed by atoms with Crippen LogP contribution in [0.25, 0.3) is 10.9 Å². The fourth-order valence-corrected chi connectivity index (χ4v) is 4.62. The average molecular weight is 398 g/mol. The molecule has 2 aromatic rings. The number of nitrogens with one attached hydrogen (secondary N) is 1. The number of rotatable bonds is 9. The highest BCUT2D eigenvalue weighted by atomic mass is 16.5. The van der Waals surface area contributed by atoms with Gasteiger partial charge in [-0.05, 0) is 89.6 Å². The molecule has 0 radical (unpaired) electrons. The van der Waals surface area contributed by atoms with Gasteiger partial charge in [-0.3, -0.25) is 0 Å². The minimum absolute atomic E-state index is 0.369. The summed E-state index contributed by atoms with van der Waals surface area (Å²) in [6.45, 7) is 11.3. The van der Waals surface area contributed by atoms with E-state index in [-0.39, 0.29) is 0 Å². The SMILES string of the molecule is CCOc1cc2c3c(c(NC(C)C)nc2cc1OCCCN1CCCC1)CCC3. The van der Waals surface area contributed by atoms with Crippen LogP contribution in [-0.2, 0) is 12.8 Å². The number of benzene rings is 1. The van der Waals surface area contributed by atoms with Gasteiger partial charge in [-0.25, -0.2) is 4.98 Å². The molecule has 2 heterocycles. The molecule has 0 amide bonds. The summed E-state index contributed by atoms with van der Waals surface area (Å²) in [6, 6.07) is 4.61. The Balaban J connectivity index is 1.58. The summed E-state index contributed by atoms with van der Waals surface area (Å²) in [7, 11) is 0. The van der Waals surface area contributed by atoms with E-state index >= 15 is 0 Å². The normalized spacial score (nSPS) is 16.6. The predicted molar refractivity (Wildman–Crippen MR) is 119 cm³/mol. The summed E-state index contributed by atoms with van der Waals surface area (Å²) in [5.74, 6) is 2.72. The largest absolute Gasteiger partial charge is 0.490 e. The van der Waals surface area contributed by atoms with E-state index in [9.17, 15) is 0 Å². The average Bonchev–Trinajstić information content (AvgIpc) is 3.38. The zero-order valence-corrected chi connectivity index (χ0v) is 18.2. The third-order valence-electron chi connectivity index (χ3n) is 5.92. The van der Waals surface area contributed by atoms with Crippen LogP contribution in [0, 0.1) is 0 Å². The molecule has 5 nitrogen and oxygen atoms in total. The van der Waals surface area contributed by atoms with Crippen molar-refractivity contribution in [2.75, 3.05) is 38.2 Å². The highest BCUT2D eigenvalue weighted by molar-refractivity contribution is 5.89. The number of aryl methyl sites for hydroxylation is 1. The van der Waals surface area contributed by atoms with Crippen LogP contribution in [0.15, 0.2) is 12.1 Å². The van der Waals surface area contributed by atoms with Crippen LogP contribution < -0.4 is 14.8 Å². The lowest BCUT2D eigenvalue weighted by molar-refractivity contribution is 0.248. The van der Waals surface area contributed by atoms with Gasteiger partial charge in [0.25, 0.3) is 0 Å². The summed E-state index contributed by atoms with van der Waals surface area (Å²) in [6.07, 6.45) is 7.13. The molecule has 5 heteroatoms. The minimum atomic E-state index is 0.369. The summed E-state index contributed by atoms with van der Waals surface area (Å²) in [5.41, 5.74) is 3.82. The molecule has 1 aromatic heterocycles. The lowest BCUT2D eigenvalue weighted by Gasteiger charge is -2.18. The molecule has 1 fully saturated rings. The number of hydrogen-bond donors (Lipinski definition) is 1. The summed E-state index contributed by atoms with van der Waals surface area (Å²) < 4.78 is 12.1. The Hall–Kier alpha value is -2.01. The van der Waals surface area contributed by atoms with E-state index in [4.69, 9.17) is 14.5 Å². The number of anilines is 1. The summed E-state index contributed by atoms with van der Waals surface area (Å²) in [4.78, 5) is 7.51. The van der Waals surface area contributed by atoms with Crippen molar-refractivity contribution < 1.29 is 9.47 Å². The number of hydrogen-bond acceptors (Lipinski definition) is 5. The Morgan fingerprint density at radius 1 is 1.03 bits per heavy atom. The lowest BCUT2D eigenvalue weighted by Crippen LogP contribution is -2.22. The topological polar surface area (TPSA) is 46.6 Å². The van der Waals surface area contributed by atoms with Gasteiger partial charge in [0.1, 0.15) is 5.82 Å². The molecule has 1 aromatic carbocycles. The number of pyridine rings is 1. The Labute approximate surface area is 174 Å². The fraction of sp³-hybridized carbons (Fsp3) is 0.625. The molecule has 1 N–H and O–H groups in total. The molecule has 0 unspecified atom stereocenters. The number of likely N-dealkylation sites (tertiary alicyclic amines) is 1. The first-order valence-corrected chi connectivity index (χ1v) is 11.4. The van der Waals surface area contributed by atoms with Crippen LogP contribution in [0.1, 0.15) is 57.6 Å². The Morgan fingerprint density at radius 3 is 2.55 bits per heavy atom. The van der Waals surface area contributed by atoms with Crippen molar-refractivity contribution in [3.63, 3.8) is 0 Å². The Morgan fingerprint density at radius 2 is 1.79 bits per heavy atom. The van der Waals surface area contributed by atoms with Crippen LogP contribution in [0.5, 0.6) is 11.5 Å². The van der Waals surface area contributed by atoms with Crippen LogP contribution in [0.3, 0.4) is 0 Å². The quantitative estimate of drug-likeness (QED) is 0.616. The zero-order chi connectivity index (χ0) is 20.2. The number of aromatic nitrogens is 1. The monoisotopic (exact) mass is 397 g/mol. The number of fused-ring (bicyclic) bond motifs is 3. The fourth-order valence-electron chi connectivity index (χ4n) is 4.62. The van der Waals surface area contributed by atoms with Crippen LogP contribution in [-0.4, -0.2) is 48.8 Å². The van der Waals surface area contributed by atoms with Crippen molar-refractivity contribution in [3.05, 3.63) is 23.3 Å². The highest BCUT2D eigenvalue weighted by Crippen LogP contribution is 2.39. The van der Waals surface area contributed by atoms with Gasteiger partial charge < -0.3 is 19.7 Å². The molecule has 0 atom stereocenters. The first-order valence-electron chi connectivity index (χ1n) is 11.4. The van der Waals surface area contributed by atoms with Gasteiger partial charge in [0.05, 0.1) is 18.7 Å². The van der Waals surface area contributed by atoms with E-state index < -0.39 is 0 Å². The molecular formula is C24H35N3O2. The van der Waals surface area contributed by atoms with Crippen molar-refractivity contribution in [2.45, 2.75) is 65.3 Å². The first kappa shape index (κ1) is 20.3. The highest BCUT2D eigenvalue weighted by Gasteiger charge is 2.22. The zero-order valence-electron chi connectivity index (χ0n) is 18.2. The molecule has 1 aliphatic carbocycles. The third kappa shape index (κ3) is 4.61. The molecule has 158 valence electrons. The van der Waals surface area contributed by atoms with Crippen molar-refractivity contribution in [1.29, 1.82) is 0 Å². The third-order valence-corrected chi connectivity index (χ3v) is 5.92. The summed E-state index contributed by atoms with van der Waals surface area (Å²) >= 11 is 0. The molecule has 0 spiro atoms. The molecule has 1 saturated heterocycles. The molecular weight excluding hydrogens is 362 g/mol. The Bertz CT molecular complexity index is 844. The van der Waals surface area contributed by atoms with Crippen molar-refractivity contribution >= 4 is 16.7 Å². The van der Waals surface area contributed by atoms with Gasteiger partial charge >= 0.3 is 0 Å². The second-order valence-electron chi connectivity index (χ2n) is 8.57. The van der Waals surface area contributed by atoms with E-state index in [2.05, 4.69) is 36.2 Å². The lowest BCUT2D eigenvalue weighted by atomic mass is 10.0. The van der Waals surface area contributed by atoms with Crippen molar-refractivity contribution in [3.8, 4) is 11.5 Å². The van der Waals surface area contributed by atoms with Crippen LogP contribution >= 0.6 is 0 Å². The van der Waals surface area contributed by atoms with E-state index in [1.807, 2.05) is 6.92 Å². The molecule has 0 bridgehead atoms. The molecule has 2 aliphatic rings. The maximum Gasteiger partial charge on any atom is 0.163 e. The van der Waals surface area contributed by atoms with Gasteiger partial charge in [0.2, 0.25) is 0 Å². The van der Waals surface area contributed by atoms with Crippen LogP contribution in [0.4, 0.5) is 5.82 Å². The first-order chi connectivity index (χ1) is 14.2. The molecule has 29 heavy (non-hydrogen) atoms. The Kier molecular flexibility index (Phi) is 6.43. The van der Waals surface area contributed by atoms with E-state index in [0.717, 1.165) is 48.6 Å². The second-order valence-corrected chi connectivity index (χ2v) is 8.57. The minimum Gasteiger partial charge on any atom is -0.490 e. The van der Waals surface area contributed by atoms with Crippen LogP contribution in [0.2, 0.25) is 0 Å². The standard InChI is InChI=1S/C24H35N3O2/c1-4-28-22-15-20-18-9-7-10-19(18)24(25-17(2)3)26-21(20)16-23(22)29-14-8-13-27-11-5-6-12-27/h15-17H,4-14H2,1-3H3,(H,25,26). The smallest absolute Gasteiger partial charge is 0.163 e. The van der Waals surface area contributed by atoms with Gasteiger partial charge in [0.15, 0.2) is 11.5 Å². The molecule has 0 saturated carbocycles. The van der Waals surface area contributed by atoms with E-state index in [0.29, 0.717) is 19.3 Å². The second kappa shape index (κ2) is 9.21. The number of nitrogens with zero attached hydrogens (tertiary/aromatic N) is 2. The molecule has 4 rings (SSSR count). The van der Waals surface area contributed by atoms with Gasteiger partial charge in [-0.15, -0.1) is 0 Å². The van der Waals surface area contributed by atoms with Gasteiger partial charge in [0, 0.05) is 24.0 Å². The van der Waals surface area contributed by atoms with E-state index in [1.165, 1.54) is 48.9 Å². The van der Waals surface area contributed by atoms with E-state index in [1.54, 1.807) is 0 Å². The maximum atomic E-state index is 6.19. The predicted octanol–water partition coefficient (Wildman–Crippen LogP) is 4.81. The maximum absolute atomic E-state index is 6.19. The number of ether oxygens (including phenoxy) is 2. The summed E-state index contributed by atoms with van der Waals surface area (Å²) in [5, 5.41) is 4.77.